The Morgan fingerprint density at radius 2 is 2.06 bits per heavy atom. The standard InChI is InChI=1S/C14H24N2O/c1-5-16(9-11(2)3)10-12-6-7-14(17-4)13(15)8-12/h6-8,11H,5,9-10,15H2,1-4H3. The van der Waals surface area contributed by atoms with E-state index in [1.807, 2.05) is 12.1 Å². The van der Waals surface area contributed by atoms with Gasteiger partial charge in [-0.05, 0) is 30.2 Å². The molecule has 0 aromatic heterocycles. The van der Waals surface area contributed by atoms with E-state index in [9.17, 15) is 0 Å². The molecule has 1 rings (SSSR count). The molecule has 0 heterocycles. The van der Waals surface area contributed by atoms with Gasteiger partial charge in [0.2, 0.25) is 0 Å². The number of benzene rings is 1. The maximum absolute atomic E-state index is 5.91. The topological polar surface area (TPSA) is 38.5 Å². The Bertz CT molecular complexity index is 350. The van der Waals surface area contributed by atoms with Crippen LogP contribution in [-0.4, -0.2) is 25.1 Å². The van der Waals surface area contributed by atoms with Crippen LogP contribution in [0.15, 0.2) is 18.2 Å². The van der Waals surface area contributed by atoms with Crippen LogP contribution in [0.1, 0.15) is 26.3 Å². The van der Waals surface area contributed by atoms with E-state index in [4.69, 9.17) is 10.5 Å². The molecule has 2 N–H and O–H groups in total. The summed E-state index contributed by atoms with van der Waals surface area (Å²) in [7, 11) is 1.64. The lowest BCUT2D eigenvalue weighted by atomic mass is 10.1. The molecule has 0 fully saturated rings. The van der Waals surface area contributed by atoms with Gasteiger partial charge in [0.25, 0.3) is 0 Å². The van der Waals surface area contributed by atoms with Gasteiger partial charge in [0.05, 0.1) is 12.8 Å². The van der Waals surface area contributed by atoms with E-state index in [0.717, 1.165) is 25.4 Å². The lowest BCUT2D eigenvalue weighted by molar-refractivity contribution is 0.248. The highest BCUT2D eigenvalue weighted by Crippen LogP contribution is 2.22. The molecule has 3 heteroatoms. The molecule has 0 unspecified atom stereocenters. The molecule has 0 saturated carbocycles. The second kappa shape index (κ2) is 6.50. The zero-order valence-electron chi connectivity index (χ0n) is 11.4. The van der Waals surface area contributed by atoms with Gasteiger partial charge in [-0.2, -0.15) is 0 Å². The van der Waals surface area contributed by atoms with Crippen molar-refractivity contribution in [1.82, 2.24) is 4.90 Å². The zero-order valence-corrected chi connectivity index (χ0v) is 11.4. The van der Waals surface area contributed by atoms with E-state index < -0.39 is 0 Å². The Morgan fingerprint density at radius 1 is 1.35 bits per heavy atom. The van der Waals surface area contributed by atoms with Gasteiger partial charge in [-0.3, -0.25) is 4.90 Å². The van der Waals surface area contributed by atoms with Crippen molar-refractivity contribution in [3.63, 3.8) is 0 Å². The molecular weight excluding hydrogens is 212 g/mol. The largest absolute Gasteiger partial charge is 0.495 e. The van der Waals surface area contributed by atoms with E-state index in [0.29, 0.717) is 11.6 Å². The van der Waals surface area contributed by atoms with Crippen molar-refractivity contribution >= 4 is 5.69 Å². The fourth-order valence-electron chi connectivity index (χ4n) is 1.96. The van der Waals surface area contributed by atoms with Crippen LogP contribution in [0.5, 0.6) is 5.75 Å². The molecule has 0 radical (unpaired) electrons. The number of nitrogens with two attached hydrogens (primary N) is 1. The molecule has 0 spiro atoms. The number of hydrogen-bond acceptors (Lipinski definition) is 3. The predicted octanol–water partition coefficient (Wildman–Crippen LogP) is 2.76. The Morgan fingerprint density at radius 3 is 2.53 bits per heavy atom. The van der Waals surface area contributed by atoms with Crippen LogP contribution in [0.2, 0.25) is 0 Å². The average molecular weight is 236 g/mol. The lowest BCUT2D eigenvalue weighted by Crippen LogP contribution is -2.27. The summed E-state index contributed by atoms with van der Waals surface area (Å²) in [6.07, 6.45) is 0. The first-order valence-electron chi connectivity index (χ1n) is 6.21. The second-order valence-corrected chi connectivity index (χ2v) is 4.80. The molecule has 0 aliphatic heterocycles. The molecule has 0 bridgehead atoms. The van der Waals surface area contributed by atoms with Crippen LogP contribution in [0.3, 0.4) is 0 Å². The Balaban J connectivity index is 2.69. The van der Waals surface area contributed by atoms with Gasteiger partial charge in [-0.1, -0.05) is 26.8 Å². The number of hydrogen-bond donors (Lipinski definition) is 1. The number of anilines is 1. The summed E-state index contributed by atoms with van der Waals surface area (Å²) >= 11 is 0. The summed E-state index contributed by atoms with van der Waals surface area (Å²) in [5.74, 6) is 1.44. The van der Waals surface area contributed by atoms with E-state index in [1.54, 1.807) is 7.11 Å². The highest BCUT2D eigenvalue weighted by molar-refractivity contribution is 5.54. The van der Waals surface area contributed by atoms with Gasteiger partial charge in [0.15, 0.2) is 0 Å². The molecule has 3 nitrogen and oxygen atoms in total. The third-order valence-corrected chi connectivity index (χ3v) is 2.77. The van der Waals surface area contributed by atoms with Gasteiger partial charge in [-0.25, -0.2) is 0 Å². The molecule has 0 saturated heterocycles. The molecule has 96 valence electrons. The van der Waals surface area contributed by atoms with Crippen molar-refractivity contribution in [2.45, 2.75) is 27.3 Å². The lowest BCUT2D eigenvalue weighted by Gasteiger charge is -2.22. The number of nitrogens with zero attached hydrogens (tertiary/aromatic N) is 1. The summed E-state index contributed by atoms with van der Waals surface area (Å²) in [6, 6.07) is 6.02. The Kier molecular flexibility index (Phi) is 5.29. The first-order valence-corrected chi connectivity index (χ1v) is 6.21. The first kappa shape index (κ1) is 13.8. The van der Waals surface area contributed by atoms with Gasteiger partial charge in [0, 0.05) is 13.1 Å². The number of nitrogen functional groups attached to an aromatic ring is 1. The SMILES string of the molecule is CCN(Cc1ccc(OC)c(N)c1)CC(C)C. The normalized spacial score (nSPS) is 11.2. The Labute approximate surface area is 105 Å². The van der Waals surface area contributed by atoms with E-state index >= 15 is 0 Å². The minimum absolute atomic E-state index is 0.686. The van der Waals surface area contributed by atoms with Crippen molar-refractivity contribution in [2.24, 2.45) is 5.92 Å². The molecular formula is C14H24N2O. The van der Waals surface area contributed by atoms with Crippen LogP contribution in [0.25, 0.3) is 0 Å². The average Bonchev–Trinajstić information content (AvgIpc) is 2.27. The first-order chi connectivity index (χ1) is 8.06. The molecule has 1 aromatic rings. The molecule has 0 atom stereocenters. The highest BCUT2D eigenvalue weighted by Gasteiger charge is 2.07. The summed E-state index contributed by atoms with van der Waals surface area (Å²) in [4.78, 5) is 2.42. The minimum atomic E-state index is 0.686. The quantitative estimate of drug-likeness (QED) is 0.772. The van der Waals surface area contributed by atoms with Crippen LogP contribution < -0.4 is 10.5 Å². The van der Waals surface area contributed by atoms with Gasteiger partial charge in [-0.15, -0.1) is 0 Å². The van der Waals surface area contributed by atoms with Crippen molar-refractivity contribution < 1.29 is 4.74 Å². The summed E-state index contributed by atoms with van der Waals surface area (Å²) in [6.45, 7) is 9.79. The monoisotopic (exact) mass is 236 g/mol. The van der Waals surface area contributed by atoms with Gasteiger partial charge < -0.3 is 10.5 Å². The molecule has 0 amide bonds. The zero-order chi connectivity index (χ0) is 12.8. The number of rotatable bonds is 6. The van der Waals surface area contributed by atoms with Crippen LogP contribution in [0.4, 0.5) is 5.69 Å². The van der Waals surface area contributed by atoms with Crippen LogP contribution in [-0.2, 0) is 6.54 Å². The van der Waals surface area contributed by atoms with Crippen molar-refractivity contribution in [3.05, 3.63) is 23.8 Å². The van der Waals surface area contributed by atoms with E-state index in [-0.39, 0.29) is 0 Å². The maximum atomic E-state index is 5.91. The smallest absolute Gasteiger partial charge is 0.141 e. The van der Waals surface area contributed by atoms with E-state index in [1.165, 1.54) is 5.56 Å². The third-order valence-electron chi connectivity index (χ3n) is 2.77. The van der Waals surface area contributed by atoms with Crippen LogP contribution >= 0.6 is 0 Å². The van der Waals surface area contributed by atoms with Gasteiger partial charge in [0.1, 0.15) is 5.75 Å². The molecule has 17 heavy (non-hydrogen) atoms. The molecule has 0 aliphatic rings. The third kappa shape index (κ3) is 4.27. The van der Waals surface area contributed by atoms with Crippen LogP contribution in [0, 0.1) is 5.92 Å². The summed E-state index contributed by atoms with van der Waals surface area (Å²) in [5.41, 5.74) is 7.86. The summed E-state index contributed by atoms with van der Waals surface area (Å²) in [5, 5.41) is 0. The van der Waals surface area contributed by atoms with Crippen molar-refractivity contribution in [1.29, 1.82) is 0 Å². The van der Waals surface area contributed by atoms with E-state index in [2.05, 4.69) is 31.7 Å². The Hall–Kier alpha value is -1.22. The fourth-order valence-corrected chi connectivity index (χ4v) is 1.96. The maximum Gasteiger partial charge on any atom is 0.141 e. The molecule has 1 aromatic carbocycles. The highest BCUT2D eigenvalue weighted by atomic mass is 16.5. The van der Waals surface area contributed by atoms with Crippen molar-refractivity contribution in [3.8, 4) is 5.75 Å². The summed E-state index contributed by atoms with van der Waals surface area (Å²) < 4.78 is 5.16. The fraction of sp³-hybridized carbons (Fsp3) is 0.571. The second-order valence-electron chi connectivity index (χ2n) is 4.80. The van der Waals surface area contributed by atoms with Crippen molar-refractivity contribution in [2.75, 3.05) is 25.9 Å². The minimum Gasteiger partial charge on any atom is -0.495 e. The van der Waals surface area contributed by atoms with Gasteiger partial charge >= 0.3 is 0 Å². The number of ether oxygens (including phenoxy) is 1. The predicted molar refractivity (Wildman–Crippen MR) is 73.2 cm³/mol. The number of methoxy groups -OCH3 is 1. The molecule has 0 aliphatic carbocycles.